The van der Waals surface area contributed by atoms with Crippen LogP contribution in [0.1, 0.15) is 24.9 Å². The van der Waals surface area contributed by atoms with Gasteiger partial charge in [0.05, 0.1) is 18.2 Å². The SMILES string of the molecule is CC(NC(=O)C1CC(O)CN1)c1ccc(-c2cccnc2)cc1.Cl.Cl. The molecule has 0 saturated carbocycles. The zero-order valence-electron chi connectivity index (χ0n) is 13.9. The van der Waals surface area contributed by atoms with Crippen molar-refractivity contribution in [2.75, 3.05) is 6.54 Å². The molecule has 3 unspecified atom stereocenters. The average molecular weight is 384 g/mol. The number of aromatic nitrogens is 1. The molecule has 136 valence electrons. The maximum Gasteiger partial charge on any atom is 0.237 e. The van der Waals surface area contributed by atoms with E-state index < -0.39 is 6.10 Å². The fraction of sp³-hybridized carbons (Fsp3) is 0.333. The summed E-state index contributed by atoms with van der Waals surface area (Å²) < 4.78 is 0. The fourth-order valence-electron chi connectivity index (χ4n) is 2.81. The normalized spacial score (nSPS) is 20.1. The molecule has 7 heteroatoms. The Morgan fingerprint density at radius 1 is 1.24 bits per heavy atom. The van der Waals surface area contributed by atoms with E-state index in [0.717, 1.165) is 16.7 Å². The van der Waals surface area contributed by atoms with Crippen LogP contribution in [0.3, 0.4) is 0 Å². The van der Waals surface area contributed by atoms with Crippen LogP contribution in [0.2, 0.25) is 0 Å². The number of amides is 1. The van der Waals surface area contributed by atoms with E-state index in [1.807, 2.05) is 49.5 Å². The standard InChI is InChI=1S/C18H21N3O2.2ClH/c1-12(21-18(23)17-9-16(22)11-20-17)13-4-6-14(7-5-13)15-3-2-8-19-10-15;;/h2-8,10,12,16-17,20,22H,9,11H2,1H3,(H,21,23);2*1H. The number of hydrogen-bond donors (Lipinski definition) is 3. The van der Waals surface area contributed by atoms with Gasteiger partial charge in [0.1, 0.15) is 0 Å². The van der Waals surface area contributed by atoms with Crippen molar-refractivity contribution in [1.82, 2.24) is 15.6 Å². The summed E-state index contributed by atoms with van der Waals surface area (Å²) >= 11 is 0. The summed E-state index contributed by atoms with van der Waals surface area (Å²) in [4.78, 5) is 16.3. The largest absolute Gasteiger partial charge is 0.392 e. The number of halogens is 2. The Hall–Kier alpha value is -1.66. The van der Waals surface area contributed by atoms with Crippen molar-refractivity contribution < 1.29 is 9.90 Å². The van der Waals surface area contributed by atoms with Gasteiger partial charge in [-0.15, -0.1) is 24.8 Å². The number of benzene rings is 1. The van der Waals surface area contributed by atoms with Crippen LogP contribution >= 0.6 is 24.8 Å². The molecule has 3 N–H and O–H groups in total. The number of nitrogens with zero attached hydrogens (tertiary/aromatic N) is 1. The molecule has 1 fully saturated rings. The van der Waals surface area contributed by atoms with Crippen molar-refractivity contribution in [3.63, 3.8) is 0 Å². The Morgan fingerprint density at radius 2 is 1.96 bits per heavy atom. The molecule has 25 heavy (non-hydrogen) atoms. The van der Waals surface area contributed by atoms with Gasteiger partial charge in [-0.1, -0.05) is 30.3 Å². The van der Waals surface area contributed by atoms with Crippen molar-refractivity contribution in [3.05, 3.63) is 54.4 Å². The second kappa shape index (κ2) is 9.73. The Kier molecular flexibility index (Phi) is 8.32. The maximum atomic E-state index is 12.2. The lowest BCUT2D eigenvalue weighted by Gasteiger charge is -2.18. The average Bonchev–Trinajstić information content (AvgIpc) is 3.02. The Morgan fingerprint density at radius 3 is 2.52 bits per heavy atom. The molecule has 2 heterocycles. The van der Waals surface area contributed by atoms with Crippen LogP contribution in [0.15, 0.2) is 48.8 Å². The number of carbonyl (C=O) groups excluding carboxylic acids is 1. The van der Waals surface area contributed by atoms with E-state index in [9.17, 15) is 9.90 Å². The van der Waals surface area contributed by atoms with Gasteiger partial charge in [0, 0.05) is 18.9 Å². The van der Waals surface area contributed by atoms with Crippen molar-refractivity contribution in [2.24, 2.45) is 0 Å². The number of aliphatic hydroxyl groups excluding tert-OH is 1. The van der Waals surface area contributed by atoms with Crippen LogP contribution < -0.4 is 10.6 Å². The van der Waals surface area contributed by atoms with E-state index in [-0.39, 0.29) is 42.8 Å². The molecule has 1 aliphatic rings. The van der Waals surface area contributed by atoms with Crippen LogP contribution in [-0.2, 0) is 4.79 Å². The highest BCUT2D eigenvalue weighted by Gasteiger charge is 2.28. The molecule has 0 aliphatic carbocycles. The summed E-state index contributed by atoms with van der Waals surface area (Å²) in [5, 5.41) is 15.5. The molecule has 5 nitrogen and oxygen atoms in total. The van der Waals surface area contributed by atoms with Crippen LogP contribution in [0, 0.1) is 0 Å². The zero-order valence-corrected chi connectivity index (χ0v) is 15.5. The van der Waals surface area contributed by atoms with Crippen molar-refractivity contribution in [1.29, 1.82) is 0 Å². The summed E-state index contributed by atoms with van der Waals surface area (Å²) in [6.07, 6.45) is 3.62. The lowest BCUT2D eigenvalue weighted by molar-refractivity contribution is -0.123. The van der Waals surface area contributed by atoms with Crippen LogP contribution in [0.25, 0.3) is 11.1 Å². The Labute approximate surface area is 160 Å². The number of carbonyl (C=O) groups is 1. The predicted molar refractivity (Wildman–Crippen MR) is 103 cm³/mol. The van der Waals surface area contributed by atoms with Gasteiger partial charge >= 0.3 is 0 Å². The van der Waals surface area contributed by atoms with Gasteiger partial charge in [-0.05, 0) is 36.1 Å². The minimum Gasteiger partial charge on any atom is -0.392 e. The first-order valence-corrected chi connectivity index (χ1v) is 7.85. The lowest BCUT2D eigenvalue weighted by atomic mass is 10.0. The fourth-order valence-corrected chi connectivity index (χ4v) is 2.81. The lowest BCUT2D eigenvalue weighted by Crippen LogP contribution is -2.41. The van der Waals surface area contributed by atoms with E-state index >= 15 is 0 Å². The first-order chi connectivity index (χ1) is 11.1. The smallest absolute Gasteiger partial charge is 0.237 e. The van der Waals surface area contributed by atoms with Gasteiger partial charge < -0.3 is 15.7 Å². The monoisotopic (exact) mass is 383 g/mol. The van der Waals surface area contributed by atoms with Crippen molar-refractivity contribution in [2.45, 2.75) is 31.5 Å². The van der Waals surface area contributed by atoms with Gasteiger partial charge in [-0.3, -0.25) is 9.78 Å². The molecule has 0 bridgehead atoms. The molecule has 0 spiro atoms. The van der Waals surface area contributed by atoms with E-state index in [0.29, 0.717) is 13.0 Å². The highest BCUT2D eigenvalue weighted by atomic mass is 35.5. The second-order valence-corrected chi connectivity index (χ2v) is 5.94. The van der Waals surface area contributed by atoms with Gasteiger partial charge in [0.15, 0.2) is 0 Å². The minimum absolute atomic E-state index is 0. The molecule has 1 aromatic heterocycles. The molecule has 2 aromatic rings. The van der Waals surface area contributed by atoms with Gasteiger partial charge in [-0.2, -0.15) is 0 Å². The predicted octanol–water partition coefficient (Wildman–Crippen LogP) is 2.49. The number of pyridine rings is 1. The van der Waals surface area contributed by atoms with Gasteiger partial charge in [0.2, 0.25) is 5.91 Å². The highest BCUT2D eigenvalue weighted by molar-refractivity contribution is 5.85. The molecule has 1 aliphatic heterocycles. The Bertz CT molecular complexity index is 668. The number of hydrogen-bond acceptors (Lipinski definition) is 4. The molecule has 1 saturated heterocycles. The number of nitrogens with one attached hydrogen (secondary N) is 2. The maximum absolute atomic E-state index is 12.2. The third-order valence-electron chi connectivity index (χ3n) is 4.19. The summed E-state index contributed by atoms with van der Waals surface area (Å²) in [7, 11) is 0. The highest BCUT2D eigenvalue weighted by Crippen LogP contribution is 2.21. The third-order valence-corrected chi connectivity index (χ3v) is 4.19. The molecule has 3 rings (SSSR count). The summed E-state index contributed by atoms with van der Waals surface area (Å²) in [6.45, 7) is 2.44. The molecule has 3 atom stereocenters. The van der Waals surface area contributed by atoms with E-state index in [1.165, 1.54) is 0 Å². The summed E-state index contributed by atoms with van der Waals surface area (Å²) in [5.41, 5.74) is 3.21. The topological polar surface area (TPSA) is 74.2 Å². The molecule has 0 radical (unpaired) electrons. The molecule has 1 amide bonds. The number of aliphatic hydroxyl groups is 1. The zero-order chi connectivity index (χ0) is 16.2. The Balaban J connectivity index is 0.00000156. The van der Waals surface area contributed by atoms with E-state index in [2.05, 4.69) is 15.6 Å². The second-order valence-electron chi connectivity index (χ2n) is 5.94. The molecular weight excluding hydrogens is 361 g/mol. The van der Waals surface area contributed by atoms with E-state index in [1.54, 1.807) is 6.20 Å². The van der Waals surface area contributed by atoms with E-state index in [4.69, 9.17) is 0 Å². The summed E-state index contributed by atoms with van der Waals surface area (Å²) in [6, 6.07) is 11.7. The van der Waals surface area contributed by atoms with Gasteiger partial charge in [-0.25, -0.2) is 0 Å². The van der Waals surface area contributed by atoms with Gasteiger partial charge in [0.25, 0.3) is 0 Å². The van der Waals surface area contributed by atoms with Crippen LogP contribution in [0.4, 0.5) is 0 Å². The van der Waals surface area contributed by atoms with Crippen molar-refractivity contribution >= 4 is 30.7 Å². The quantitative estimate of drug-likeness (QED) is 0.757. The van der Waals surface area contributed by atoms with Crippen LogP contribution in [0.5, 0.6) is 0 Å². The molecule has 1 aromatic carbocycles. The number of rotatable bonds is 4. The van der Waals surface area contributed by atoms with Crippen molar-refractivity contribution in [3.8, 4) is 11.1 Å². The number of β-amino-alcohol motifs (C(OH)–C–C–N with tert-alkyl or cyclic N) is 1. The van der Waals surface area contributed by atoms with Crippen LogP contribution in [-0.4, -0.2) is 34.7 Å². The third kappa shape index (κ3) is 5.41. The minimum atomic E-state index is -0.431. The first kappa shape index (κ1) is 21.4. The molecular formula is C18H23Cl2N3O2. The summed E-state index contributed by atoms with van der Waals surface area (Å²) in [5.74, 6) is -0.0645. The first-order valence-electron chi connectivity index (χ1n) is 7.85.